The van der Waals surface area contributed by atoms with Crippen molar-refractivity contribution in [3.63, 3.8) is 0 Å². The Morgan fingerprint density at radius 1 is 1.12 bits per heavy atom. The topological polar surface area (TPSA) is 141 Å². The zero-order valence-electron chi connectivity index (χ0n) is 25.6. The van der Waals surface area contributed by atoms with Crippen molar-refractivity contribution in [3.05, 3.63) is 70.0 Å². The molecule has 2 aromatic carbocycles. The number of aliphatic hydroxyl groups excluding tert-OH is 2. The summed E-state index contributed by atoms with van der Waals surface area (Å²) in [6, 6.07) is 7.36. The molecule has 3 aliphatic rings. The van der Waals surface area contributed by atoms with Crippen LogP contribution in [0.25, 0.3) is 23.0 Å². The van der Waals surface area contributed by atoms with Crippen LogP contribution in [0.15, 0.2) is 47.7 Å². The average molecular weight is 587 g/mol. The van der Waals surface area contributed by atoms with Crippen molar-refractivity contribution in [3.8, 4) is 22.6 Å². The number of carbonyl (C=O) groups is 3. The zero-order chi connectivity index (χ0) is 32.0. The van der Waals surface area contributed by atoms with E-state index in [0.717, 1.165) is 12.5 Å². The van der Waals surface area contributed by atoms with Crippen LogP contribution in [0.2, 0.25) is 0 Å². The first-order valence-electron chi connectivity index (χ1n) is 14.4. The van der Waals surface area contributed by atoms with Gasteiger partial charge in [0.05, 0.1) is 12.7 Å². The smallest absolute Gasteiger partial charge is 0.203 e. The maximum Gasteiger partial charge on any atom is 0.203 e. The Morgan fingerprint density at radius 2 is 1.77 bits per heavy atom. The second kappa shape index (κ2) is 9.67. The van der Waals surface area contributed by atoms with E-state index in [1.807, 2.05) is 12.1 Å². The molecule has 8 heteroatoms. The number of phenols is 1. The minimum absolute atomic E-state index is 0.0167. The van der Waals surface area contributed by atoms with E-state index in [-0.39, 0.29) is 29.7 Å². The minimum Gasteiger partial charge on any atom is -0.508 e. The van der Waals surface area contributed by atoms with Crippen molar-refractivity contribution in [2.75, 3.05) is 7.11 Å². The van der Waals surface area contributed by atoms with Crippen molar-refractivity contribution < 1.29 is 39.5 Å². The van der Waals surface area contributed by atoms with Gasteiger partial charge in [0.15, 0.2) is 17.2 Å². The lowest BCUT2D eigenvalue weighted by Gasteiger charge is -2.59. The molecule has 0 saturated heterocycles. The van der Waals surface area contributed by atoms with E-state index in [4.69, 9.17) is 4.74 Å². The molecule has 0 spiro atoms. The van der Waals surface area contributed by atoms with Gasteiger partial charge >= 0.3 is 0 Å². The molecule has 0 amide bonds. The monoisotopic (exact) mass is 586 g/mol. The minimum atomic E-state index is -2.65. The highest BCUT2D eigenvalue weighted by Gasteiger charge is 2.72. The highest BCUT2D eigenvalue weighted by molar-refractivity contribution is 6.24. The van der Waals surface area contributed by atoms with E-state index in [1.54, 1.807) is 59.9 Å². The molecule has 5 rings (SSSR count). The molecule has 3 aliphatic carbocycles. The summed E-state index contributed by atoms with van der Waals surface area (Å²) >= 11 is 0. The average Bonchev–Trinajstić information content (AvgIpc) is 2.91. The molecule has 4 N–H and O–H groups in total. The first kappa shape index (κ1) is 30.3. The van der Waals surface area contributed by atoms with E-state index < -0.39 is 62.7 Å². The Kier molecular flexibility index (Phi) is 6.82. The third-order valence-corrected chi connectivity index (χ3v) is 9.94. The number of methoxy groups -OCH3 is 1. The summed E-state index contributed by atoms with van der Waals surface area (Å²) in [5, 5.41) is 46.8. The van der Waals surface area contributed by atoms with Crippen LogP contribution in [0.3, 0.4) is 0 Å². The third kappa shape index (κ3) is 3.81. The SMILES string of the molecule is C=Cc1ccc(OC)c(-c2cc(C)c(O)c3c2C[C@]2(C)C[C@]4(C)C(C(C)C)C(=O)C(C(C)=O)=C(O)[C@]4(O)C(=O)C2=C3O)c1. The first-order chi connectivity index (χ1) is 20.0. The molecular weight excluding hydrogens is 548 g/mol. The molecule has 0 radical (unpaired) electrons. The van der Waals surface area contributed by atoms with Crippen LogP contribution in [-0.4, -0.2) is 50.5 Å². The van der Waals surface area contributed by atoms with Gasteiger partial charge in [0, 0.05) is 27.9 Å². The summed E-state index contributed by atoms with van der Waals surface area (Å²) in [4.78, 5) is 40.8. The van der Waals surface area contributed by atoms with Gasteiger partial charge in [-0.1, -0.05) is 46.4 Å². The summed E-state index contributed by atoms with van der Waals surface area (Å²) in [6.07, 6.45) is 1.87. The molecule has 1 fully saturated rings. The first-order valence-corrected chi connectivity index (χ1v) is 14.4. The molecule has 2 aromatic rings. The highest BCUT2D eigenvalue weighted by Crippen LogP contribution is 2.65. The van der Waals surface area contributed by atoms with Gasteiger partial charge in [-0.05, 0) is 73.1 Å². The van der Waals surface area contributed by atoms with Crippen molar-refractivity contribution >= 4 is 29.2 Å². The lowest BCUT2D eigenvalue weighted by Crippen LogP contribution is -2.69. The molecule has 4 atom stereocenters. The van der Waals surface area contributed by atoms with Crippen molar-refractivity contribution in [2.24, 2.45) is 22.7 Å². The number of aliphatic hydroxyl groups is 3. The lowest BCUT2D eigenvalue weighted by molar-refractivity contribution is -0.178. The number of Topliss-reactive ketones (excluding diaryl/α,β-unsaturated/α-hetero) is 3. The van der Waals surface area contributed by atoms with Gasteiger partial charge in [-0.25, -0.2) is 0 Å². The van der Waals surface area contributed by atoms with Gasteiger partial charge in [-0.15, -0.1) is 0 Å². The quantitative estimate of drug-likeness (QED) is 0.321. The van der Waals surface area contributed by atoms with E-state index in [9.17, 15) is 34.8 Å². The number of benzene rings is 2. The van der Waals surface area contributed by atoms with Crippen LogP contribution in [0, 0.1) is 29.6 Å². The standard InChI is InChI=1S/C35H38O8/c1-9-19-10-11-23(43-8)21(13-19)20-12-17(4)28(37)25-22(20)14-33(6)15-34(7)26(16(2)3)29(38)24(18(5)36)31(40)35(34,42)32(41)27(33)30(25)39/h9-13,16,26,37,39-40,42H,1,14-15H2,2-8H3/t26?,33-,34-,35+/m1/s1. The Labute approximate surface area is 251 Å². The van der Waals surface area contributed by atoms with E-state index in [0.29, 0.717) is 28.0 Å². The third-order valence-electron chi connectivity index (χ3n) is 9.94. The Bertz CT molecular complexity index is 1710. The van der Waals surface area contributed by atoms with Crippen LogP contribution in [-0.2, 0) is 20.8 Å². The van der Waals surface area contributed by atoms with Gasteiger partial charge in [0.2, 0.25) is 5.78 Å². The summed E-state index contributed by atoms with van der Waals surface area (Å²) in [7, 11) is 1.55. The highest BCUT2D eigenvalue weighted by atomic mass is 16.5. The van der Waals surface area contributed by atoms with Gasteiger partial charge in [0.1, 0.15) is 28.6 Å². The van der Waals surface area contributed by atoms with Crippen LogP contribution < -0.4 is 4.74 Å². The molecular formula is C35H38O8. The normalized spacial score (nSPS) is 28.4. The number of allylic oxidation sites excluding steroid dienone is 1. The Hall–Kier alpha value is -4.17. The predicted molar refractivity (Wildman–Crippen MR) is 163 cm³/mol. The largest absolute Gasteiger partial charge is 0.508 e. The second-order valence-corrected chi connectivity index (χ2v) is 13.1. The van der Waals surface area contributed by atoms with Gasteiger partial charge in [-0.3, -0.25) is 14.4 Å². The molecule has 43 heavy (non-hydrogen) atoms. The fraction of sp³-hybridized carbons (Fsp3) is 0.400. The fourth-order valence-electron chi connectivity index (χ4n) is 8.22. The number of phenolic OH excluding ortho intramolecular Hbond substituents is 1. The molecule has 8 nitrogen and oxygen atoms in total. The van der Waals surface area contributed by atoms with Crippen LogP contribution in [0.5, 0.6) is 11.5 Å². The Balaban J connectivity index is 1.87. The van der Waals surface area contributed by atoms with E-state index in [2.05, 4.69) is 6.58 Å². The van der Waals surface area contributed by atoms with Gasteiger partial charge in [0.25, 0.3) is 0 Å². The molecule has 0 heterocycles. The predicted octanol–water partition coefficient (Wildman–Crippen LogP) is 5.82. The summed E-state index contributed by atoms with van der Waals surface area (Å²) in [5.41, 5.74) is -2.80. The summed E-state index contributed by atoms with van der Waals surface area (Å²) in [5.74, 6) is -4.90. The maximum absolute atomic E-state index is 14.5. The number of hydrogen-bond acceptors (Lipinski definition) is 8. The molecule has 1 saturated carbocycles. The molecule has 0 aliphatic heterocycles. The van der Waals surface area contributed by atoms with Crippen LogP contribution in [0.4, 0.5) is 0 Å². The molecule has 1 unspecified atom stereocenters. The van der Waals surface area contributed by atoms with Crippen LogP contribution in [0.1, 0.15) is 63.3 Å². The van der Waals surface area contributed by atoms with Crippen LogP contribution >= 0.6 is 0 Å². The number of aromatic hydroxyl groups is 1. The lowest BCUT2D eigenvalue weighted by atomic mass is 9.43. The van der Waals surface area contributed by atoms with E-state index >= 15 is 0 Å². The number of hydrogen-bond donors (Lipinski definition) is 4. The fourth-order valence-corrected chi connectivity index (χ4v) is 8.22. The molecule has 0 aromatic heterocycles. The number of aryl methyl sites for hydroxylation is 1. The van der Waals surface area contributed by atoms with Crippen molar-refractivity contribution in [1.82, 2.24) is 0 Å². The van der Waals surface area contributed by atoms with Crippen molar-refractivity contribution in [1.29, 1.82) is 0 Å². The summed E-state index contributed by atoms with van der Waals surface area (Å²) < 4.78 is 5.67. The Morgan fingerprint density at radius 3 is 2.33 bits per heavy atom. The number of carbonyl (C=O) groups excluding carboxylic acids is 3. The number of fused-ring (bicyclic) bond motifs is 3. The van der Waals surface area contributed by atoms with Gasteiger partial charge < -0.3 is 25.2 Å². The number of rotatable bonds is 5. The van der Waals surface area contributed by atoms with Gasteiger partial charge in [-0.2, -0.15) is 0 Å². The number of ketones is 3. The molecule has 226 valence electrons. The van der Waals surface area contributed by atoms with Crippen molar-refractivity contribution in [2.45, 2.75) is 60.0 Å². The zero-order valence-corrected chi connectivity index (χ0v) is 25.6. The second-order valence-electron chi connectivity index (χ2n) is 13.1. The summed E-state index contributed by atoms with van der Waals surface area (Å²) in [6.45, 7) is 13.6. The molecule has 0 bridgehead atoms. The van der Waals surface area contributed by atoms with E-state index in [1.165, 1.54) is 0 Å². The number of ether oxygens (including phenoxy) is 1. The maximum atomic E-state index is 14.5.